The van der Waals surface area contributed by atoms with Crippen molar-refractivity contribution in [1.29, 1.82) is 0 Å². The average Bonchev–Trinajstić information content (AvgIpc) is 3.21. The maximum absolute atomic E-state index is 13.4. The molecule has 0 radical (unpaired) electrons. The standard InChI is InChI=1S/C24H26ClFN2O2S2/c1-15-10-16(2)21(17(3)11-15)12-18-14-31-24(27-18)28-8-6-19(7-9-28)32(29,30)20-4-5-23(26)22(25)13-20/h4-5,10-11,13-14,19H,6-9,12H2,1-3H3. The van der Waals surface area contributed by atoms with Crippen LogP contribution >= 0.6 is 22.9 Å². The van der Waals surface area contributed by atoms with E-state index in [0.717, 1.165) is 23.3 Å². The maximum atomic E-state index is 13.4. The molecule has 4 rings (SSSR count). The van der Waals surface area contributed by atoms with Crippen molar-refractivity contribution in [2.75, 3.05) is 18.0 Å². The Balaban J connectivity index is 1.43. The molecule has 1 fully saturated rings. The van der Waals surface area contributed by atoms with Crippen LogP contribution in [-0.2, 0) is 16.3 Å². The lowest BCUT2D eigenvalue weighted by molar-refractivity contribution is 0.529. The van der Waals surface area contributed by atoms with Crippen molar-refractivity contribution in [3.63, 3.8) is 0 Å². The van der Waals surface area contributed by atoms with E-state index in [9.17, 15) is 12.8 Å². The van der Waals surface area contributed by atoms with Gasteiger partial charge in [-0.1, -0.05) is 29.3 Å². The second-order valence-electron chi connectivity index (χ2n) is 8.48. The van der Waals surface area contributed by atoms with Crippen LogP contribution in [0.25, 0.3) is 0 Å². The van der Waals surface area contributed by atoms with Crippen LogP contribution in [-0.4, -0.2) is 31.7 Å². The summed E-state index contributed by atoms with van der Waals surface area (Å²) >= 11 is 7.40. The van der Waals surface area contributed by atoms with Crippen LogP contribution in [0.2, 0.25) is 5.02 Å². The Bertz CT molecular complexity index is 1230. The summed E-state index contributed by atoms with van der Waals surface area (Å²) in [5.74, 6) is -0.615. The molecule has 0 N–H and O–H groups in total. The predicted molar refractivity (Wildman–Crippen MR) is 129 cm³/mol. The highest BCUT2D eigenvalue weighted by molar-refractivity contribution is 7.92. The quantitative estimate of drug-likeness (QED) is 0.416. The molecule has 2 heterocycles. The smallest absolute Gasteiger partial charge is 0.185 e. The summed E-state index contributed by atoms with van der Waals surface area (Å²) in [4.78, 5) is 7.08. The number of sulfone groups is 1. The lowest BCUT2D eigenvalue weighted by atomic mass is 9.96. The molecule has 0 aliphatic carbocycles. The van der Waals surface area contributed by atoms with Gasteiger partial charge in [-0.25, -0.2) is 17.8 Å². The van der Waals surface area contributed by atoms with Crippen molar-refractivity contribution < 1.29 is 12.8 Å². The van der Waals surface area contributed by atoms with Gasteiger partial charge < -0.3 is 4.90 Å². The minimum Gasteiger partial charge on any atom is -0.348 e. The lowest BCUT2D eigenvalue weighted by Gasteiger charge is -2.31. The summed E-state index contributed by atoms with van der Waals surface area (Å²) in [5, 5.41) is 2.36. The van der Waals surface area contributed by atoms with Crippen LogP contribution in [0.4, 0.5) is 9.52 Å². The highest BCUT2D eigenvalue weighted by atomic mass is 35.5. The molecule has 32 heavy (non-hydrogen) atoms. The van der Waals surface area contributed by atoms with Gasteiger partial charge in [0.1, 0.15) is 5.82 Å². The van der Waals surface area contributed by atoms with E-state index in [0.29, 0.717) is 25.9 Å². The Morgan fingerprint density at radius 2 is 1.78 bits per heavy atom. The minimum absolute atomic E-state index is 0.0859. The molecule has 2 aromatic carbocycles. The van der Waals surface area contributed by atoms with Gasteiger partial charge in [-0.3, -0.25) is 0 Å². The van der Waals surface area contributed by atoms with E-state index in [1.165, 1.54) is 34.4 Å². The fraction of sp³-hybridized carbons (Fsp3) is 0.375. The third-order valence-electron chi connectivity index (χ3n) is 6.11. The van der Waals surface area contributed by atoms with Gasteiger partial charge in [-0.05, 0) is 68.5 Å². The molecule has 0 saturated carbocycles. The molecule has 3 aromatic rings. The Morgan fingerprint density at radius 1 is 1.12 bits per heavy atom. The number of aromatic nitrogens is 1. The number of anilines is 1. The highest BCUT2D eigenvalue weighted by Gasteiger charge is 2.32. The topological polar surface area (TPSA) is 50.3 Å². The molecular weight excluding hydrogens is 467 g/mol. The number of rotatable bonds is 5. The van der Waals surface area contributed by atoms with Crippen LogP contribution in [0.15, 0.2) is 40.6 Å². The molecule has 0 spiro atoms. The Morgan fingerprint density at radius 3 is 2.41 bits per heavy atom. The second kappa shape index (κ2) is 9.12. The fourth-order valence-corrected chi connectivity index (χ4v) is 7.28. The Hall–Kier alpha value is -1.96. The van der Waals surface area contributed by atoms with E-state index in [2.05, 4.69) is 43.2 Å². The largest absolute Gasteiger partial charge is 0.348 e. The first-order valence-electron chi connectivity index (χ1n) is 10.6. The fourth-order valence-electron chi connectivity index (χ4n) is 4.40. The van der Waals surface area contributed by atoms with E-state index in [4.69, 9.17) is 16.6 Å². The van der Waals surface area contributed by atoms with Gasteiger partial charge in [0.05, 0.1) is 20.9 Å². The number of halogens is 2. The molecule has 0 unspecified atom stereocenters. The van der Waals surface area contributed by atoms with Gasteiger partial charge in [0, 0.05) is 24.9 Å². The van der Waals surface area contributed by atoms with Crippen LogP contribution in [0.1, 0.15) is 40.8 Å². The van der Waals surface area contributed by atoms with Crippen molar-refractivity contribution in [1.82, 2.24) is 4.98 Å². The SMILES string of the molecule is Cc1cc(C)c(Cc2csc(N3CCC(S(=O)(=O)c4ccc(F)c(Cl)c4)CC3)n2)c(C)c1. The van der Waals surface area contributed by atoms with E-state index < -0.39 is 20.9 Å². The summed E-state index contributed by atoms with van der Waals surface area (Å²) < 4.78 is 39.4. The molecule has 0 atom stereocenters. The average molecular weight is 493 g/mol. The number of piperidine rings is 1. The zero-order valence-corrected chi connectivity index (χ0v) is 20.7. The molecule has 170 valence electrons. The first kappa shape index (κ1) is 23.2. The van der Waals surface area contributed by atoms with Crippen LogP contribution in [0.3, 0.4) is 0 Å². The normalized spacial score (nSPS) is 15.3. The monoisotopic (exact) mass is 492 g/mol. The number of nitrogens with zero attached hydrogens (tertiary/aromatic N) is 2. The third-order valence-corrected chi connectivity index (χ3v) is 9.61. The molecule has 4 nitrogen and oxygen atoms in total. The van der Waals surface area contributed by atoms with Crippen LogP contribution in [0.5, 0.6) is 0 Å². The first-order chi connectivity index (χ1) is 15.1. The Labute approximate surface area is 198 Å². The van der Waals surface area contributed by atoms with Crippen LogP contribution < -0.4 is 4.90 Å². The number of hydrogen-bond acceptors (Lipinski definition) is 5. The number of benzene rings is 2. The maximum Gasteiger partial charge on any atom is 0.185 e. The summed E-state index contributed by atoms with van der Waals surface area (Å²) in [6.45, 7) is 7.63. The second-order valence-corrected chi connectivity index (χ2v) is 12.0. The van der Waals surface area contributed by atoms with Crippen molar-refractivity contribution in [3.05, 3.63) is 74.5 Å². The minimum atomic E-state index is -3.55. The van der Waals surface area contributed by atoms with Gasteiger partial charge in [0.2, 0.25) is 0 Å². The molecule has 1 aromatic heterocycles. The van der Waals surface area contributed by atoms with Crippen molar-refractivity contribution >= 4 is 37.9 Å². The molecule has 1 saturated heterocycles. The van der Waals surface area contributed by atoms with Gasteiger partial charge in [-0.15, -0.1) is 11.3 Å². The van der Waals surface area contributed by atoms with Crippen molar-refractivity contribution in [3.8, 4) is 0 Å². The van der Waals surface area contributed by atoms with E-state index in [1.54, 1.807) is 11.3 Å². The van der Waals surface area contributed by atoms with E-state index in [1.807, 2.05) is 0 Å². The summed E-state index contributed by atoms with van der Waals surface area (Å²) in [5.41, 5.74) is 6.18. The van der Waals surface area contributed by atoms with E-state index in [-0.39, 0.29) is 9.92 Å². The Kier molecular flexibility index (Phi) is 6.61. The van der Waals surface area contributed by atoms with Gasteiger partial charge in [0.15, 0.2) is 15.0 Å². The van der Waals surface area contributed by atoms with E-state index >= 15 is 0 Å². The number of hydrogen-bond donors (Lipinski definition) is 0. The summed E-state index contributed by atoms with van der Waals surface area (Å²) in [6.07, 6.45) is 1.80. The van der Waals surface area contributed by atoms with Crippen molar-refractivity contribution in [2.24, 2.45) is 0 Å². The zero-order chi connectivity index (χ0) is 23.0. The zero-order valence-electron chi connectivity index (χ0n) is 18.4. The lowest BCUT2D eigenvalue weighted by Crippen LogP contribution is -2.39. The summed E-state index contributed by atoms with van der Waals surface area (Å²) in [6, 6.07) is 8.02. The molecule has 1 aliphatic heterocycles. The molecule has 0 bridgehead atoms. The highest BCUT2D eigenvalue weighted by Crippen LogP contribution is 2.31. The van der Waals surface area contributed by atoms with Gasteiger partial charge >= 0.3 is 0 Å². The van der Waals surface area contributed by atoms with Crippen molar-refractivity contribution in [2.45, 2.75) is 50.2 Å². The first-order valence-corrected chi connectivity index (χ1v) is 13.4. The van der Waals surface area contributed by atoms with Gasteiger partial charge in [-0.2, -0.15) is 0 Å². The molecule has 8 heteroatoms. The van der Waals surface area contributed by atoms with Gasteiger partial charge in [0.25, 0.3) is 0 Å². The number of aryl methyl sites for hydroxylation is 3. The molecule has 1 aliphatic rings. The molecule has 0 amide bonds. The number of thiazole rings is 1. The van der Waals surface area contributed by atoms with Crippen LogP contribution in [0, 0.1) is 26.6 Å². The third kappa shape index (κ3) is 4.70. The predicted octanol–water partition coefficient (Wildman–Crippen LogP) is 5.89. The summed E-state index contributed by atoms with van der Waals surface area (Å²) in [7, 11) is -3.55. The molecular formula is C24H26ClFN2O2S2.